The number of nitrogens with zero attached hydrogens (tertiary/aromatic N) is 2. The number of benzene rings is 2. The highest BCUT2D eigenvalue weighted by Crippen LogP contribution is 2.50. The van der Waals surface area contributed by atoms with Crippen LogP contribution >= 0.6 is 0 Å². The Morgan fingerprint density at radius 3 is 2.28 bits per heavy atom. The van der Waals surface area contributed by atoms with Gasteiger partial charge in [0, 0.05) is 19.1 Å². The molecule has 0 unspecified atom stereocenters. The lowest BCUT2D eigenvalue weighted by atomic mass is 9.93. The maximum Gasteiger partial charge on any atom is 0.329 e. The summed E-state index contributed by atoms with van der Waals surface area (Å²) >= 11 is 0. The molecule has 2 fully saturated rings. The van der Waals surface area contributed by atoms with Gasteiger partial charge in [-0.25, -0.2) is 4.79 Å². The highest BCUT2D eigenvalue weighted by molar-refractivity contribution is 5.91. The molecule has 1 N–H and O–H groups in total. The van der Waals surface area contributed by atoms with Crippen LogP contribution in [0.1, 0.15) is 37.3 Å². The lowest BCUT2D eigenvalue weighted by Gasteiger charge is -2.35. The first kappa shape index (κ1) is 17.9. The summed E-state index contributed by atoms with van der Waals surface area (Å²) in [6, 6.07) is 16.9. The minimum atomic E-state index is -0.374. The van der Waals surface area contributed by atoms with Crippen molar-refractivity contribution in [1.29, 1.82) is 0 Å². The van der Waals surface area contributed by atoms with Crippen LogP contribution in [-0.2, 0) is 10.2 Å². The Balaban J connectivity index is 1.36. The summed E-state index contributed by atoms with van der Waals surface area (Å²) in [6.07, 6.45) is 3.00. The lowest BCUT2D eigenvalue weighted by molar-refractivity contribution is -0.135. The summed E-state index contributed by atoms with van der Waals surface area (Å²) in [6.45, 7) is 1.13. The third-order valence-electron chi connectivity index (χ3n) is 6.44. The number of nitrogens with one attached hydrogen (secondary N) is 1. The molecule has 29 heavy (non-hydrogen) atoms. The lowest BCUT2D eigenvalue weighted by Crippen LogP contribution is -2.47. The molecule has 1 saturated heterocycles. The quantitative estimate of drug-likeness (QED) is 0.748. The summed E-state index contributed by atoms with van der Waals surface area (Å²) in [5.74, 6) is 0.182. The van der Waals surface area contributed by atoms with Gasteiger partial charge in [-0.1, -0.05) is 42.5 Å². The van der Waals surface area contributed by atoms with Gasteiger partial charge in [-0.05, 0) is 43.4 Å². The van der Waals surface area contributed by atoms with Crippen molar-refractivity contribution in [3.05, 3.63) is 81.0 Å². The number of fused-ring (bicyclic) bond motifs is 1. The van der Waals surface area contributed by atoms with E-state index in [9.17, 15) is 14.4 Å². The van der Waals surface area contributed by atoms with E-state index in [0.29, 0.717) is 36.8 Å². The average Bonchev–Trinajstić information content (AvgIpc) is 3.56. The number of rotatable bonds is 3. The van der Waals surface area contributed by atoms with E-state index < -0.39 is 0 Å². The number of piperidine rings is 1. The molecule has 1 aliphatic heterocycles. The fourth-order valence-corrected chi connectivity index (χ4v) is 4.65. The molecule has 6 nitrogen and oxygen atoms in total. The predicted molar refractivity (Wildman–Crippen MR) is 111 cm³/mol. The number of aromatic nitrogens is 2. The Bertz CT molecular complexity index is 1180. The predicted octanol–water partition coefficient (Wildman–Crippen LogP) is 2.59. The Hall–Kier alpha value is -3.15. The Labute approximate surface area is 167 Å². The van der Waals surface area contributed by atoms with E-state index in [-0.39, 0.29) is 28.6 Å². The van der Waals surface area contributed by atoms with Crippen molar-refractivity contribution in [2.24, 2.45) is 0 Å². The summed E-state index contributed by atoms with van der Waals surface area (Å²) < 4.78 is 1.34. The van der Waals surface area contributed by atoms with E-state index in [1.165, 1.54) is 4.57 Å². The molecule has 2 heterocycles. The fourth-order valence-electron chi connectivity index (χ4n) is 4.65. The second-order valence-corrected chi connectivity index (χ2v) is 8.12. The van der Waals surface area contributed by atoms with Gasteiger partial charge in [0.25, 0.3) is 5.56 Å². The molecule has 0 atom stereocenters. The largest absolute Gasteiger partial charge is 0.342 e. The van der Waals surface area contributed by atoms with Gasteiger partial charge in [-0.2, -0.15) is 0 Å². The number of aromatic amines is 1. The molecule has 1 amide bonds. The number of hydrogen-bond donors (Lipinski definition) is 1. The fraction of sp³-hybridized carbons (Fsp3) is 0.348. The van der Waals surface area contributed by atoms with Crippen LogP contribution in [0, 0.1) is 0 Å². The van der Waals surface area contributed by atoms with Crippen molar-refractivity contribution >= 4 is 16.8 Å². The van der Waals surface area contributed by atoms with Crippen LogP contribution in [0.5, 0.6) is 0 Å². The molecule has 0 radical (unpaired) electrons. The summed E-state index contributed by atoms with van der Waals surface area (Å²) in [5.41, 5.74) is 0.656. The van der Waals surface area contributed by atoms with E-state index in [0.717, 1.165) is 18.4 Å². The van der Waals surface area contributed by atoms with E-state index in [1.54, 1.807) is 24.3 Å². The van der Waals surface area contributed by atoms with Crippen molar-refractivity contribution in [3.8, 4) is 0 Å². The van der Waals surface area contributed by atoms with Crippen LogP contribution in [0.25, 0.3) is 10.9 Å². The van der Waals surface area contributed by atoms with E-state index >= 15 is 0 Å². The van der Waals surface area contributed by atoms with Gasteiger partial charge in [-0.3, -0.25) is 14.2 Å². The molecule has 3 aromatic rings. The summed E-state index contributed by atoms with van der Waals surface area (Å²) in [4.78, 5) is 43.4. The minimum absolute atomic E-state index is 0.182. The molecule has 6 heteroatoms. The van der Waals surface area contributed by atoms with Crippen LogP contribution in [0.2, 0.25) is 0 Å². The molecule has 0 bridgehead atoms. The Morgan fingerprint density at radius 2 is 1.59 bits per heavy atom. The molecule has 1 saturated carbocycles. The first-order valence-electron chi connectivity index (χ1n) is 10.2. The zero-order valence-corrected chi connectivity index (χ0v) is 16.1. The van der Waals surface area contributed by atoms with E-state index in [1.807, 2.05) is 35.2 Å². The Morgan fingerprint density at radius 1 is 0.931 bits per heavy atom. The molecule has 1 aromatic heterocycles. The average molecular weight is 389 g/mol. The van der Waals surface area contributed by atoms with Crippen LogP contribution in [0.3, 0.4) is 0 Å². The summed E-state index contributed by atoms with van der Waals surface area (Å²) in [5, 5.41) is 0.520. The van der Waals surface area contributed by atoms with Crippen molar-refractivity contribution in [2.45, 2.75) is 37.1 Å². The summed E-state index contributed by atoms with van der Waals surface area (Å²) in [7, 11) is 0. The first-order chi connectivity index (χ1) is 14.1. The van der Waals surface area contributed by atoms with Gasteiger partial charge in [0.05, 0.1) is 16.3 Å². The number of likely N-dealkylation sites (tertiary alicyclic amines) is 1. The maximum absolute atomic E-state index is 13.2. The maximum atomic E-state index is 13.2. The number of H-pyrrole nitrogens is 1. The minimum Gasteiger partial charge on any atom is -0.342 e. The van der Waals surface area contributed by atoms with Gasteiger partial charge >= 0.3 is 5.69 Å². The molecule has 2 aliphatic rings. The van der Waals surface area contributed by atoms with Gasteiger partial charge in [0.2, 0.25) is 5.91 Å². The van der Waals surface area contributed by atoms with Crippen LogP contribution in [0.4, 0.5) is 0 Å². The van der Waals surface area contributed by atoms with Gasteiger partial charge in [-0.15, -0.1) is 0 Å². The van der Waals surface area contributed by atoms with Gasteiger partial charge in [0.15, 0.2) is 0 Å². The van der Waals surface area contributed by atoms with Crippen molar-refractivity contribution in [3.63, 3.8) is 0 Å². The highest BCUT2D eigenvalue weighted by atomic mass is 16.2. The molecular weight excluding hydrogens is 366 g/mol. The molecule has 0 spiro atoms. The SMILES string of the molecule is O=C(N1CCC(n2c(=O)[nH]c3ccccc3c2=O)CC1)C1(c2ccccc2)CC1. The normalized spacial score (nSPS) is 18.7. The Kier molecular flexibility index (Phi) is 4.15. The standard InChI is InChI=1S/C23H23N3O3/c27-20-18-8-4-5-9-19(18)24-22(29)26(20)17-10-14-25(15-11-17)21(28)23(12-13-23)16-6-2-1-3-7-16/h1-9,17H,10-15H2,(H,24,29). The zero-order chi connectivity index (χ0) is 20.0. The number of para-hydroxylation sites is 1. The van der Waals surface area contributed by atoms with Crippen LogP contribution in [-0.4, -0.2) is 33.4 Å². The van der Waals surface area contributed by atoms with Gasteiger partial charge in [0.1, 0.15) is 0 Å². The molecular formula is C23H23N3O3. The molecule has 148 valence electrons. The van der Waals surface area contributed by atoms with Crippen LogP contribution < -0.4 is 11.2 Å². The number of hydrogen-bond acceptors (Lipinski definition) is 3. The molecule has 2 aromatic carbocycles. The second-order valence-electron chi connectivity index (χ2n) is 8.12. The number of amides is 1. The zero-order valence-electron chi connectivity index (χ0n) is 16.1. The third-order valence-corrected chi connectivity index (χ3v) is 6.44. The van der Waals surface area contributed by atoms with Crippen LogP contribution in [0.15, 0.2) is 64.2 Å². The first-order valence-corrected chi connectivity index (χ1v) is 10.2. The number of carbonyl (C=O) groups is 1. The number of carbonyl (C=O) groups excluding carboxylic acids is 1. The van der Waals surface area contributed by atoms with Gasteiger partial charge < -0.3 is 9.88 Å². The monoisotopic (exact) mass is 389 g/mol. The second kappa shape index (κ2) is 6.72. The highest BCUT2D eigenvalue weighted by Gasteiger charge is 2.53. The molecule has 5 rings (SSSR count). The molecule has 1 aliphatic carbocycles. The van der Waals surface area contributed by atoms with Crippen molar-refractivity contribution in [2.75, 3.05) is 13.1 Å². The van der Waals surface area contributed by atoms with Crippen molar-refractivity contribution < 1.29 is 4.79 Å². The van der Waals surface area contributed by atoms with Crippen molar-refractivity contribution in [1.82, 2.24) is 14.5 Å². The topological polar surface area (TPSA) is 75.2 Å². The van der Waals surface area contributed by atoms with E-state index in [2.05, 4.69) is 4.98 Å². The van der Waals surface area contributed by atoms with E-state index in [4.69, 9.17) is 0 Å². The smallest absolute Gasteiger partial charge is 0.329 e. The third kappa shape index (κ3) is 2.90.